The predicted octanol–water partition coefficient (Wildman–Crippen LogP) is 6.05. The molecule has 2 fully saturated rings. The number of H-pyrrole nitrogens is 1. The fraction of sp³-hybridized carbons (Fsp3) is 0.515. The molecule has 3 aromatic heterocycles. The number of fused-ring (bicyclic) bond motifs is 1. The number of Topliss-reactive ketones (excluding diaryl/α,β-unsaturated/α-hetero) is 1. The Kier molecular flexibility index (Phi) is 9.72. The summed E-state index contributed by atoms with van der Waals surface area (Å²) < 4.78 is 6.97. The van der Waals surface area contributed by atoms with Gasteiger partial charge in [0.2, 0.25) is 0 Å². The number of rotatable bonds is 11. The Labute approximate surface area is 269 Å². The Morgan fingerprint density at radius 2 is 2.02 bits per heavy atom. The van der Waals surface area contributed by atoms with E-state index in [9.17, 15) is 19.8 Å². The molecule has 2 saturated heterocycles. The van der Waals surface area contributed by atoms with Crippen LogP contribution in [0.25, 0.3) is 10.2 Å². The Hall–Kier alpha value is -2.38. The van der Waals surface area contributed by atoms with Crippen LogP contribution in [0, 0.1) is 5.92 Å². The number of carbonyl (C=O) groups excluding carboxylic acids is 1. The van der Waals surface area contributed by atoms with Crippen LogP contribution in [0.1, 0.15) is 82.8 Å². The van der Waals surface area contributed by atoms with Crippen LogP contribution in [0.5, 0.6) is 5.75 Å². The summed E-state index contributed by atoms with van der Waals surface area (Å²) in [5, 5.41) is 28.3. The van der Waals surface area contributed by atoms with Crippen LogP contribution in [0.3, 0.4) is 0 Å². The van der Waals surface area contributed by atoms with Gasteiger partial charge >= 0.3 is 4.87 Å². The van der Waals surface area contributed by atoms with Gasteiger partial charge in [0.1, 0.15) is 11.3 Å². The van der Waals surface area contributed by atoms with E-state index in [1.165, 1.54) is 21.4 Å². The molecular formula is C33H41N3O5S3. The number of aromatic amines is 1. The standard InChI is InChI=1S/C33H41N3O5S3/c1-20(2)28-14-23(19-43-28)30(39)22-6-12-41-33(15-22)7-10-36(11-8-33)17-24-13-21(18-42-24)5-9-34-16-27(38)25-3-4-26(37)29-31(25)44-32(40)35-29/h3-4,13-14,18-20,22,27,34,37-38H,5-12,15-17H2,1-2H3,(H,35,40)/t22?,27-/m0/s1. The number of benzene rings is 1. The van der Waals surface area contributed by atoms with Crippen molar-refractivity contribution < 1.29 is 19.7 Å². The number of likely N-dealkylation sites (tertiary alicyclic amines) is 1. The summed E-state index contributed by atoms with van der Waals surface area (Å²) in [6, 6.07) is 7.56. The van der Waals surface area contributed by atoms with E-state index in [4.69, 9.17) is 4.74 Å². The van der Waals surface area contributed by atoms with Crippen molar-refractivity contribution in [2.45, 2.75) is 70.1 Å². The molecule has 2 aliphatic rings. The van der Waals surface area contributed by atoms with E-state index in [0.717, 1.165) is 75.2 Å². The summed E-state index contributed by atoms with van der Waals surface area (Å²) in [5.74, 6) is 0.816. The molecule has 8 nitrogen and oxygen atoms in total. The first-order valence-electron chi connectivity index (χ1n) is 15.5. The van der Waals surface area contributed by atoms with Crippen molar-refractivity contribution in [3.63, 3.8) is 0 Å². The van der Waals surface area contributed by atoms with Crippen molar-refractivity contribution in [1.82, 2.24) is 15.2 Å². The van der Waals surface area contributed by atoms with Gasteiger partial charge in [0.15, 0.2) is 5.78 Å². The number of nitrogens with one attached hydrogen (secondary N) is 2. The van der Waals surface area contributed by atoms with Crippen molar-refractivity contribution in [2.75, 3.05) is 32.8 Å². The minimum Gasteiger partial charge on any atom is -0.506 e. The number of phenols is 1. The minimum absolute atomic E-state index is 0.0111. The first-order chi connectivity index (χ1) is 21.2. The lowest BCUT2D eigenvalue weighted by molar-refractivity contribution is -0.122. The van der Waals surface area contributed by atoms with E-state index in [0.29, 0.717) is 40.6 Å². The molecule has 6 rings (SSSR count). The van der Waals surface area contributed by atoms with Crippen LogP contribution in [0.15, 0.2) is 39.8 Å². The lowest BCUT2D eigenvalue weighted by Gasteiger charge is -2.46. The third-order valence-electron chi connectivity index (χ3n) is 9.07. The number of aliphatic hydroxyl groups excluding tert-OH is 1. The van der Waals surface area contributed by atoms with E-state index in [1.807, 2.05) is 5.38 Å². The Balaban J connectivity index is 0.945. The number of hydrogen-bond acceptors (Lipinski definition) is 10. The normalized spacial score (nSPS) is 19.7. The number of thiophene rings is 2. The average Bonchev–Trinajstić information content (AvgIpc) is 3.77. The average molecular weight is 656 g/mol. The third kappa shape index (κ3) is 7.04. The van der Waals surface area contributed by atoms with Crippen LogP contribution >= 0.6 is 34.0 Å². The monoisotopic (exact) mass is 655 g/mol. The fourth-order valence-corrected chi connectivity index (χ4v) is 9.28. The summed E-state index contributed by atoms with van der Waals surface area (Å²) in [4.78, 5) is 32.6. The molecule has 4 N–H and O–H groups in total. The van der Waals surface area contributed by atoms with Gasteiger partial charge in [0.05, 0.1) is 16.4 Å². The predicted molar refractivity (Wildman–Crippen MR) is 179 cm³/mol. The van der Waals surface area contributed by atoms with Gasteiger partial charge < -0.3 is 25.3 Å². The number of aromatic nitrogens is 1. The number of nitrogens with zero attached hydrogens (tertiary/aromatic N) is 1. The Morgan fingerprint density at radius 1 is 1.20 bits per heavy atom. The second-order valence-corrected chi connectivity index (χ2v) is 15.5. The second kappa shape index (κ2) is 13.5. The first kappa shape index (κ1) is 31.6. The fourth-order valence-electron chi connectivity index (χ4n) is 6.48. The topological polar surface area (TPSA) is 115 Å². The van der Waals surface area contributed by atoms with Gasteiger partial charge in [-0.3, -0.25) is 14.5 Å². The van der Waals surface area contributed by atoms with Crippen molar-refractivity contribution in [3.8, 4) is 5.75 Å². The molecule has 11 heteroatoms. The highest BCUT2D eigenvalue weighted by atomic mass is 32.1. The summed E-state index contributed by atoms with van der Waals surface area (Å²) in [7, 11) is 0. The number of thiazole rings is 1. The minimum atomic E-state index is -0.778. The SMILES string of the molecule is CC(C)c1cc(C(=O)C2CCOC3(CCN(Cc4cc(CCNC[C@H](O)c5ccc(O)c6[nH]c(=O)sc56)cs4)CC3)C2)cs1. The van der Waals surface area contributed by atoms with E-state index in [-0.39, 0.29) is 22.1 Å². The number of carbonyl (C=O) groups is 1. The van der Waals surface area contributed by atoms with Gasteiger partial charge in [-0.25, -0.2) is 0 Å². The second-order valence-electron chi connectivity index (χ2n) is 12.5. The van der Waals surface area contributed by atoms with Gasteiger partial charge in [0, 0.05) is 65.0 Å². The van der Waals surface area contributed by atoms with E-state index >= 15 is 0 Å². The molecule has 0 saturated carbocycles. The molecule has 1 aromatic carbocycles. The molecule has 1 unspecified atom stereocenters. The zero-order valence-electron chi connectivity index (χ0n) is 25.3. The maximum absolute atomic E-state index is 13.3. The summed E-state index contributed by atoms with van der Waals surface area (Å²) in [6.07, 6.45) is 3.67. The third-order valence-corrected chi connectivity index (χ3v) is 12.2. The molecule has 0 radical (unpaired) electrons. The van der Waals surface area contributed by atoms with Crippen molar-refractivity contribution in [3.05, 3.63) is 71.1 Å². The molecule has 4 aromatic rings. The molecular weight excluding hydrogens is 615 g/mol. The van der Waals surface area contributed by atoms with Gasteiger partial charge in [0.25, 0.3) is 0 Å². The van der Waals surface area contributed by atoms with Crippen molar-refractivity contribution in [2.24, 2.45) is 5.92 Å². The van der Waals surface area contributed by atoms with E-state index < -0.39 is 6.10 Å². The van der Waals surface area contributed by atoms with Gasteiger partial charge in [-0.05, 0) is 73.7 Å². The van der Waals surface area contributed by atoms with Crippen molar-refractivity contribution in [1.29, 1.82) is 0 Å². The molecule has 2 atom stereocenters. The summed E-state index contributed by atoms with van der Waals surface area (Å²) in [5.41, 5.74) is 3.01. The molecule has 0 amide bonds. The number of piperidine rings is 1. The molecule has 1 spiro atoms. The lowest BCUT2D eigenvalue weighted by Crippen LogP contribution is -2.50. The highest BCUT2D eigenvalue weighted by molar-refractivity contribution is 7.16. The summed E-state index contributed by atoms with van der Waals surface area (Å²) >= 11 is 4.49. The number of aliphatic hydroxyl groups is 1. The van der Waals surface area contributed by atoms with Crippen LogP contribution in [-0.2, 0) is 17.7 Å². The molecule has 236 valence electrons. The highest BCUT2D eigenvalue weighted by Crippen LogP contribution is 2.40. The molecule has 0 bridgehead atoms. The molecule has 2 aliphatic heterocycles. The van der Waals surface area contributed by atoms with Crippen LogP contribution in [-0.4, -0.2) is 64.3 Å². The molecule has 5 heterocycles. The number of aromatic hydroxyl groups is 1. The quantitative estimate of drug-likeness (QED) is 0.115. The first-order valence-corrected chi connectivity index (χ1v) is 18.1. The largest absolute Gasteiger partial charge is 0.506 e. The van der Waals surface area contributed by atoms with Gasteiger partial charge in [-0.2, -0.15) is 0 Å². The number of ketones is 1. The smallest absolute Gasteiger partial charge is 0.305 e. The zero-order valence-corrected chi connectivity index (χ0v) is 27.7. The van der Waals surface area contributed by atoms with Crippen LogP contribution in [0.2, 0.25) is 0 Å². The van der Waals surface area contributed by atoms with E-state index in [2.05, 4.69) is 46.6 Å². The van der Waals surface area contributed by atoms with Gasteiger partial charge in [-0.15, -0.1) is 22.7 Å². The van der Waals surface area contributed by atoms with Crippen molar-refractivity contribution >= 4 is 50.0 Å². The van der Waals surface area contributed by atoms with E-state index in [1.54, 1.807) is 28.7 Å². The highest BCUT2D eigenvalue weighted by Gasteiger charge is 2.42. The number of phenolic OH excluding ortho intramolecular Hbond substituents is 1. The molecule has 0 aliphatic carbocycles. The lowest BCUT2D eigenvalue weighted by atomic mass is 9.77. The maximum Gasteiger partial charge on any atom is 0.305 e. The van der Waals surface area contributed by atoms with Gasteiger partial charge in [-0.1, -0.05) is 31.3 Å². The molecule has 44 heavy (non-hydrogen) atoms. The Morgan fingerprint density at radius 3 is 2.80 bits per heavy atom. The number of ether oxygens (including phenoxy) is 1. The summed E-state index contributed by atoms with van der Waals surface area (Å²) in [6.45, 7) is 8.99. The van der Waals surface area contributed by atoms with Crippen LogP contribution < -0.4 is 10.2 Å². The van der Waals surface area contributed by atoms with Crippen LogP contribution in [0.4, 0.5) is 0 Å². The maximum atomic E-state index is 13.3. The Bertz CT molecular complexity index is 1650. The zero-order chi connectivity index (χ0) is 30.8. The number of hydrogen-bond donors (Lipinski definition) is 4.